The molecule has 1 atom stereocenters. The Labute approximate surface area is 93.4 Å². The number of aliphatic hydroxyl groups excluding tert-OH is 1. The highest BCUT2D eigenvalue weighted by Gasteiger charge is 2.09. The SMILES string of the molecule is Nc1c(Br)cc([C@@H](N)CO)cc1Br. The van der Waals surface area contributed by atoms with Crippen molar-refractivity contribution >= 4 is 37.5 Å². The van der Waals surface area contributed by atoms with Crippen LogP contribution in [0.2, 0.25) is 0 Å². The van der Waals surface area contributed by atoms with Crippen molar-refractivity contribution in [3.8, 4) is 0 Å². The summed E-state index contributed by atoms with van der Waals surface area (Å²) in [5.74, 6) is 0. The monoisotopic (exact) mass is 308 g/mol. The average Bonchev–Trinajstić information content (AvgIpc) is 2.12. The summed E-state index contributed by atoms with van der Waals surface area (Å²) in [6.07, 6.45) is 0. The maximum Gasteiger partial charge on any atom is 0.0624 e. The van der Waals surface area contributed by atoms with Gasteiger partial charge in [0.05, 0.1) is 18.3 Å². The summed E-state index contributed by atoms with van der Waals surface area (Å²) in [5, 5.41) is 8.85. The van der Waals surface area contributed by atoms with Crippen LogP contribution in [0.4, 0.5) is 5.69 Å². The Morgan fingerprint density at radius 1 is 1.31 bits per heavy atom. The van der Waals surface area contributed by atoms with E-state index in [9.17, 15) is 0 Å². The fourth-order valence-electron chi connectivity index (χ4n) is 0.923. The molecule has 0 saturated carbocycles. The Morgan fingerprint density at radius 2 is 1.77 bits per heavy atom. The molecule has 0 aliphatic carbocycles. The molecular weight excluding hydrogens is 300 g/mol. The van der Waals surface area contributed by atoms with Crippen LogP contribution in [0.15, 0.2) is 21.1 Å². The molecule has 0 saturated heterocycles. The fourth-order valence-corrected chi connectivity index (χ4v) is 2.15. The van der Waals surface area contributed by atoms with Crippen LogP contribution >= 0.6 is 31.9 Å². The molecule has 72 valence electrons. The second kappa shape index (κ2) is 4.41. The van der Waals surface area contributed by atoms with Gasteiger partial charge < -0.3 is 16.6 Å². The van der Waals surface area contributed by atoms with Gasteiger partial charge in [-0.2, -0.15) is 0 Å². The zero-order chi connectivity index (χ0) is 10.0. The summed E-state index contributed by atoms with van der Waals surface area (Å²) < 4.78 is 1.56. The van der Waals surface area contributed by atoms with Gasteiger partial charge in [-0.3, -0.25) is 0 Å². The van der Waals surface area contributed by atoms with E-state index in [1.807, 2.05) is 0 Å². The van der Waals surface area contributed by atoms with Crippen molar-refractivity contribution < 1.29 is 5.11 Å². The summed E-state index contributed by atoms with van der Waals surface area (Å²) in [4.78, 5) is 0. The molecule has 0 fully saturated rings. The number of benzene rings is 1. The first-order chi connectivity index (χ1) is 6.06. The van der Waals surface area contributed by atoms with E-state index in [-0.39, 0.29) is 12.6 Å². The number of anilines is 1. The Balaban J connectivity index is 3.13. The van der Waals surface area contributed by atoms with Gasteiger partial charge in [0.15, 0.2) is 0 Å². The average molecular weight is 310 g/mol. The lowest BCUT2D eigenvalue weighted by molar-refractivity contribution is 0.268. The highest BCUT2D eigenvalue weighted by atomic mass is 79.9. The van der Waals surface area contributed by atoms with Crippen LogP contribution in [-0.2, 0) is 0 Å². The molecule has 0 bridgehead atoms. The molecule has 1 aromatic rings. The molecule has 0 unspecified atom stereocenters. The molecule has 0 radical (unpaired) electrons. The van der Waals surface area contributed by atoms with Crippen molar-refractivity contribution in [1.82, 2.24) is 0 Å². The smallest absolute Gasteiger partial charge is 0.0624 e. The lowest BCUT2D eigenvalue weighted by Crippen LogP contribution is -2.14. The molecule has 13 heavy (non-hydrogen) atoms. The van der Waals surface area contributed by atoms with E-state index < -0.39 is 0 Å². The molecular formula is C8H10Br2N2O. The van der Waals surface area contributed by atoms with Crippen molar-refractivity contribution in [2.45, 2.75) is 6.04 Å². The minimum Gasteiger partial charge on any atom is -0.397 e. The highest BCUT2D eigenvalue weighted by Crippen LogP contribution is 2.31. The Bertz CT molecular complexity index is 294. The zero-order valence-electron chi connectivity index (χ0n) is 6.80. The van der Waals surface area contributed by atoms with E-state index in [4.69, 9.17) is 16.6 Å². The molecule has 0 heterocycles. The molecule has 0 aliphatic rings. The quantitative estimate of drug-likeness (QED) is 0.729. The van der Waals surface area contributed by atoms with E-state index in [0.717, 1.165) is 14.5 Å². The summed E-state index contributed by atoms with van der Waals surface area (Å²) in [6, 6.07) is 3.25. The minimum absolute atomic E-state index is 0.0806. The van der Waals surface area contributed by atoms with Gasteiger partial charge in [0.2, 0.25) is 0 Å². The molecule has 0 aromatic heterocycles. The van der Waals surface area contributed by atoms with Gasteiger partial charge in [-0.15, -0.1) is 0 Å². The number of aliphatic hydroxyl groups is 1. The number of hydrogen-bond donors (Lipinski definition) is 3. The van der Waals surface area contributed by atoms with Crippen LogP contribution in [-0.4, -0.2) is 11.7 Å². The number of nitrogen functional groups attached to an aromatic ring is 1. The molecule has 5 N–H and O–H groups in total. The standard InChI is InChI=1S/C8H10Br2N2O/c9-5-1-4(7(11)3-13)2-6(10)8(5)12/h1-2,7,13H,3,11-12H2/t7-/m0/s1. The summed E-state index contributed by atoms with van der Waals surface area (Å²) in [5.41, 5.74) is 12.8. The van der Waals surface area contributed by atoms with Crippen LogP contribution in [0.25, 0.3) is 0 Å². The first kappa shape index (κ1) is 11.0. The van der Waals surface area contributed by atoms with Crippen molar-refractivity contribution in [2.24, 2.45) is 5.73 Å². The van der Waals surface area contributed by atoms with Gasteiger partial charge in [0.1, 0.15) is 0 Å². The van der Waals surface area contributed by atoms with Crippen LogP contribution in [0.5, 0.6) is 0 Å². The minimum atomic E-state index is -0.367. The van der Waals surface area contributed by atoms with Gasteiger partial charge in [-0.1, -0.05) is 0 Å². The largest absolute Gasteiger partial charge is 0.397 e. The van der Waals surface area contributed by atoms with E-state index in [1.165, 1.54) is 0 Å². The number of rotatable bonds is 2. The second-order valence-electron chi connectivity index (χ2n) is 2.69. The lowest BCUT2D eigenvalue weighted by Gasteiger charge is -2.11. The highest BCUT2D eigenvalue weighted by molar-refractivity contribution is 9.11. The molecule has 3 nitrogen and oxygen atoms in total. The van der Waals surface area contributed by atoms with Crippen LogP contribution in [0.1, 0.15) is 11.6 Å². The lowest BCUT2D eigenvalue weighted by atomic mass is 10.1. The van der Waals surface area contributed by atoms with E-state index in [0.29, 0.717) is 5.69 Å². The second-order valence-corrected chi connectivity index (χ2v) is 4.40. The van der Waals surface area contributed by atoms with Gasteiger partial charge in [0.25, 0.3) is 0 Å². The molecule has 0 aliphatic heterocycles. The topological polar surface area (TPSA) is 72.3 Å². The third-order valence-corrected chi connectivity index (χ3v) is 3.04. The van der Waals surface area contributed by atoms with Gasteiger partial charge in [0, 0.05) is 8.95 Å². The molecule has 1 rings (SSSR count). The number of hydrogen-bond acceptors (Lipinski definition) is 3. The van der Waals surface area contributed by atoms with Gasteiger partial charge in [-0.05, 0) is 49.6 Å². The van der Waals surface area contributed by atoms with Crippen molar-refractivity contribution in [1.29, 1.82) is 0 Å². The third-order valence-electron chi connectivity index (χ3n) is 1.73. The van der Waals surface area contributed by atoms with Crippen molar-refractivity contribution in [2.75, 3.05) is 12.3 Å². The fraction of sp³-hybridized carbons (Fsp3) is 0.250. The third kappa shape index (κ3) is 2.43. The zero-order valence-corrected chi connectivity index (χ0v) is 9.97. The maximum atomic E-state index is 8.85. The first-order valence-electron chi connectivity index (χ1n) is 3.67. The predicted octanol–water partition coefficient (Wildman–Crippen LogP) is 1.79. The Hall–Kier alpha value is -0.100. The summed E-state index contributed by atoms with van der Waals surface area (Å²) in [7, 11) is 0. The Kier molecular flexibility index (Phi) is 3.73. The van der Waals surface area contributed by atoms with Crippen molar-refractivity contribution in [3.05, 3.63) is 26.6 Å². The first-order valence-corrected chi connectivity index (χ1v) is 5.25. The molecule has 5 heteroatoms. The normalized spacial score (nSPS) is 12.9. The van der Waals surface area contributed by atoms with Crippen LogP contribution in [0, 0.1) is 0 Å². The molecule has 1 aromatic carbocycles. The van der Waals surface area contributed by atoms with Crippen molar-refractivity contribution in [3.63, 3.8) is 0 Å². The van der Waals surface area contributed by atoms with Crippen LogP contribution in [0.3, 0.4) is 0 Å². The number of halogens is 2. The number of nitrogens with two attached hydrogens (primary N) is 2. The van der Waals surface area contributed by atoms with Crippen LogP contribution < -0.4 is 11.5 Å². The van der Waals surface area contributed by atoms with Gasteiger partial charge >= 0.3 is 0 Å². The molecule has 0 spiro atoms. The maximum absolute atomic E-state index is 8.85. The van der Waals surface area contributed by atoms with Gasteiger partial charge in [-0.25, -0.2) is 0 Å². The predicted molar refractivity (Wildman–Crippen MR) is 60.3 cm³/mol. The Morgan fingerprint density at radius 3 is 2.15 bits per heavy atom. The van der Waals surface area contributed by atoms with E-state index >= 15 is 0 Å². The van der Waals surface area contributed by atoms with E-state index in [1.54, 1.807) is 12.1 Å². The summed E-state index contributed by atoms with van der Waals surface area (Å²) in [6.45, 7) is -0.0806. The molecule has 0 amide bonds. The van der Waals surface area contributed by atoms with E-state index in [2.05, 4.69) is 31.9 Å². The summed E-state index contributed by atoms with van der Waals surface area (Å²) >= 11 is 6.60.